The highest BCUT2D eigenvalue weighted by Crippen LogP contribution is 2.30. The Labute approximate surface area is 118 Å². The fourth-order valence-electron chi connectivity index (χ4n) is 2.83. The first kappa shape index (κ1) is 14.8. The Balaban J connectivity index is 2.04. The van der Waals surface area contributed by atoms with Crippen molar-refractivity contribution < 1.29 is 13.9 Å². The van der Waals surface area contributed by atoms with Gasteiger partial charge in [0.1, 0.15) is 11.6 Å². The van der Waals surface area contributed by atoms with Gasteiger partial charge >= 0.3 is 0 Å². The van der Waals surface area contributed by atoms with Gasteiger partial charge in [-0.25, -0.2) is 4.39 Å². The van der Waals surface area contributed by atoms with Crippen LogP contribution in [0.5, 0.6) is 5.75 Å². The van der Waals surface area contributed by atoms with Crippen molar-refractivity contribution in [3.8, 4) is 5.75 Å². The molecule has 0 spiro atoms. The van der Waals surface area contributed by atoms with Gasteiger partial charge < -0.3 is 16.2 Å². The van der Waals surface area contributed by atoms with Crippen molar-refractivity contribution in [3.63, 3.8) is 0 Å². The number of benzene rings is 1. The molecular formula is C15H21FN2O2. The van der Waals surface area contributed by atoms with E-state index in [1.807, 2.05) is 0 Å². The molecule has 0 aliphatic heterocycles. The fraction of sp³-hybridized carbons (Fsp3) is 0.533. The molecule has 20 heavy (non-hydrogen) atoms. The van der Waals surface area contributed by atoms with Gasteiger partial charge in [-0.15, -0.1) is 0 Å². The van der Waals surface area contributed by atoms with Crippen LogP contribution in [0.3, 0.4) is 0 Å². The van der Waals surface area contributed by atoms with Crippen LogP contribution in [0.1, 0.15) is 36.0 Å². The van der Waals surface area contributed by atoms with E-state index < -0.39 is 11.7 Å². The lowest BCUT2D eigenvalue weighted by Crippen LogP contribution is -2.31. The first-order chi connectivity index (χ1) is 9.61. The Kier molecular flexibility index (Phi) is 4.95. The Hall–Kier alpha value is -1.62. The number of carbonyl (C=O) groups is 1. The lowest BCUT2D eigenvalue weighted by atomic mass is 9.80. The molecule has 1 saturated carbocycles. The van der Waals surface area contributed by atoms with Gasteiger partial charge in [0.2, 0.25) is 0 Å². The molecular weight excluding hydrogens is 259 g/mol. The normalized spacial score (nSPS) is 22.5. The van der Waals surface area contributed by atoms with E-state index in [4.69, 9.17) is 16.2 Å². The predicted molar refractivity (Wildman–Crippen MR) is 74.9 cm³/mol. The van der Waals surface area contributed by atoms with E-state index in [0.717, 1.165) is 18.9 Å². The highest BCUT2D eigenvalue weighted by atomic mass is 19.1. The monoisotopic (exact) mass is 280 g/mol. The maximum Gasteiger partial charge on any atom is 0.252 e. The fourth-order valence-corrected chi connectivity index (χ4v) is 2.83. The summed E-state index contributed by atoms with van der Waals surface area (Å²) in [5.74, 6) is 0.0168. The van der Waals surface area contributed by atoms with Crippen LogP contribution in [-0.4, -0.2) is 19.1 Å². The number of halogens is 1. The predicted octanol–water partition coefficient (Wildman–Crippen LogP) is 2.07. The van der Waals surface area contributed by atoms with Gasteiger partial charge in [0.05, 0.1) is 12.2 Å². The first-order valence-electron chi connectivity index (χ1n) is 7.04. The number of hydrogen-bond acceptors (Lipinski definition) is 3. The summed E-state index contributed by atoms with van der Waals surface area (Å²) in [5, 5.41) is 0. The minimum Gasteiger partial charge on any atom is -0.492 e. The summed E-state index contributed by atoms with van der Waals surface area (Å²) >= 11 is 0. The molecule has 1 amide bonds. The molecule has 0 radical (unpaired) electrons. The van der Waals surface area contributed by atoms with Crippen LogP contribution < -0.4 is 16.2 Å². The summed E-state index contributed by atoms with van der Waals surface area (Å²) in [6, 6.07) is 3.83. The standard InChI is InChI=1S/C15H21FN2O2/c16-12-5-6-14(13(7-12)15(18)19)20-9-11-4-2-1-3-10(11)8-17/h5-7,10-11H,1-4,8-9,17H2,(H2,18,19). The third-order valence-electron chi connectivity index (χ3n) is 4.03. The van der Waals surface area contributed by atoms with Gasteiger partial charge in [0.25, 0.3) is 5.91 Å². The number of amides is 1. The van der Waals surface area contributed by atoms with Crippen molar-refractivity contribution in [3.05, 3.63) is 29.6 Å². The zero-order valence-electron chi connectivity index (χ0n) is 11.5. The first-order valence-corrected chi connectivity index (χ1v) is 7.04. The van der Waals surface area contributed by atoms with Crippen LogP contribution in [0.2, 0.25) is 0 Å². The highest BCUT2D eigenvalue weighted by Gasteiger charge is 2.25. The second-order valence-electron chi connectivity index (χ2n) is 5.36. The molecule has 1 aliphatic rings. The lowest BCUT2D eigenvalue weighted by Gasteiger charge is -2.30. The molecule has 1 aliphatic carbocycles. The SMILES string of the molecule is NCC1CCCCC1COc1ccc(F)cc1C(N)=O. The maximum atomic E-state index is 13.1. The average molecular weight is 280 g/mol. The van der Waals surface area contributed by atoms with Crippen molar-refractivity contribution in [2.24, 2.45) is 23.3 Å². The minimum atomic E-state index is -0.682. The summed E-state index contributed by atoms with van der Waals surface area (Å²) < 4.78 is 18.8. The van der Waals surface area contributed by atoms with E-state index in [1.165, 1.54) is 25.0 Å². The van der Waals surface area contributed by atoms with Gasteiger partial charge in [-0.2, -0.15) is 0 Å². The molecule has 1 aromatic carbocycles. The van der Waals surface area contributed by atoms with Crippen LogP contribution in [-0.2, 0) is 0 Å². The lowest BCUT2D eigenvalue weighted by molar-refractivity contribution is 0.0991. The molecule has 2 rings (SSSR count). The quantitative estimate of drug-likeness (QED) is 0.866. The summed E-state index contributed by atoms with van der Waals surface area (Å²) in [4.78, 5) is 11.3. The van der Waals surface area contributed by atoms with Crippen molar-refractivity contribution in [2.75, 3.05) is 13.2 Å². The maximum absolute atomic E-state index is 13.1. The van der Waals surface area contributed by atoms with E-state index in [2.05, 4.69) is 0 Å². The third kappa shape index (κ3) is 3.48. The van der Waals surface area contributed by atoms with Crippen LogP contribution in [0.4, 0.5) is 4.39 Å². The van der Waals surface area contributed by atoms with Crippen LogP contribution in [0.15, 0.2) is 18.2 Å². The van der Waals surface area contributed by atoms with Crippen molar-refractivity contribution in [1.29, 1.82) is 0 Å². The molecule has 0 bridgehead atoms. The molecule has 0 heterocycles. The van der Waals surface area contributed by atoms with Gasteiger partial charge in [0.15, 0.2) is 0 Å². The summed E-state index contributed by atoms with van der Waals surface area (Å²) in [6.45, 7) is 1.15. The van der Waals surface area contributed by atoms with Gasteiger partial charge in [-0.1, -0.05) is 12.8 Å². The van der Waals surface area contributed by atoms with E-state index in [9.17, 15) is 9.18 Å². The van der Waals surface area contributed by atoms with E-state index >= 15 is 0 Å². The Morgan fingerprint density at radius 2 is 2.00 bits per heavy atom. The van der Waals surface area contributed by atoms with E-state index in [-0.39, 0.29) is 5.56 Å². The van der Waals surface area contributed by atoms with Gasteiger partial charge in [-0.3, -0.25) is 4.79 Å². The number of rotatable bonds is 5. The Bertz CT molecular complexity index is 479. The van der Waals surface area contributed by atoms with Crippen LogP contribution in [0.25, 0.3) is 0 Å². The second-order valence-corrected chi connectivity index (χ2v) is 5.36. The topological polar surface area (TPSA) is 78.3 Å². The van der Waals surface area contributed by atoms with Gasteiger partial charge in [-0.05, 0) is 49.4 Å². The van der Waals surface area contributed by atoms with E-state index in [1.54, 1.807) is 0 Å². The number of nitrogens with two attached hydrogens (primary N) is 2. The molecule has 110 valence electrons. The molecule has 4 nitrogen and oxygen atoms in total. The average Bonchev–Trinajstić information content (AvgIpc) is 2.46. The highest BCUT2D eigenvalue weighted by molar-refractivity contribution is 5.95. The zero-order chi connectivity index (χ0) is 14.5. The molecule has 0 aromatic heterocycles. The largest absolute Gasteiger partial charge is 0.492 e. The second kappa shape index (κ2) is 6.70. The third-order valence-corrected chi connectivity index (χ3v) is 4.03. The molecule has 4 N–H and O–H groups in total. The summed E-state index contributed by atoms with van der Waals surface area (Å²) in [6.07, 6.45) is 4.59. The summed E-state index contributed by atoms with van der Waals surface area (Å²) in [5.41, 5.74) is 11.1. The molecule has 1 fully saturated rings. The van der Waals surface area contributed by atoms with E-state index in [0.29, 0.717) is 30.7 Å². The number of hydrogen-bond donors (Lipinski definition) is 2. The number of ether oxygens (including phenoxy) is 1. The van der Waals surface area contributed by atoms with Crippen molar-refractivity contribution in [2.45, 2.75) is 25.7 Å². The zero-order valence-corrected chi connectivity index (χ0v) is 11.5. The molecule has 1 aromatic rings. The Morgan fingerprint density at radius 3 is 2.65 bits per heavy atom. The number of primary amides is 1. The smallest absolute Gasteiger partial charge is 0.252 e. The molecule has 0 saturated heterocycles. The van der Waals surface area contributed by atoms with Crippen molar-refractivity contribution in [1.82, 2.24) is 0 Å². The summed E-state index contributed by atoms with van der Waals surface area (Å²) in [7, 11) is 0. The van der Waals surface area contributed by atoms with Crippen molar-refractivity contribution >= 4 is 5.91 Å². The minimum absolute atomic E-state index is 0.0881. The number of carbonyl (C=O) groups excluding carboxylic acids is 1. The molecule has 2 unspecified atom stereocenters. The Morgan fingerprint density at radius 1 is 1.30 bits per heavy atom. The van der Waals surface area contributed by atoms with Crippen LogP contribution in [0, 0.1) is 17.7 Å². The molecule has 2 atom stereocenters. The molecule has 5 heteroatoms. The van der Waals surface area contributed by atoms with Gasteiger partial charge in [0, 0.05) is 0 Å². The van der Waals surface area contributed by atoms with Crippen LogP contribution >= 0.6 is 0 Å².